The molecule has 0 aliphatic rings. The number of rotatable bonds is 5. The van der Waals surface area contributed by atoms with Gasteiger partial charge in [0.1, 0.15) is 0 Å². The highest BCUT2D eigenvalue weighted by molar-refractivity contribution is 6.19. The molecule has 0 fully saturated rings. The van der Waals surface area contributed by atoms with Gasteiger partial charge in [-0.15, -0.1) is 11.6 Å². The largest absolute Gasteiger partial charge is 0.478 e. The van der Waals surface area contributed by atoms with Crippen molar-refractivity contribution in [3.05, 3.63) is 41.5 Å². The molecule has 0 unspecified atom stereocenters. The van der Waals surface area contributed by atoms with Crippen LogP contribution in [0.2, 0.25) is 0 Å². The quantitative estimate of drug-likeness (QED) is 0.487. The van der Waals surface area contributed by atoms with Gasteiger partial charge in [-0.05, 0) is 11.6 Å². The van der Waals surface area contributed by atoms with Gasteiger partial charge >= 0.3 is 5.97 Å². The Morgan fingerprint density at radius 2 is 1.88 bits per heavy atom. The van der Waals surface area contributed by atoms with Crippen LogP contribution in [-0.2, 0) is 4.79 Å². The third-order valence-corrected chi connectivity index (χ3v) is 2.16. The monoisotopic (exact) mass is 238 g/mol. The number of carbonyl (C=O) groups excluding carboxylic acids is 1. The summed E-state index contributed by atoms with van der Waals surface area (Å²) in [4.78, 5) is 21.7. The number of carboxylic acid groups (broad SMARTS) is 1. The van der Waals surface area contributed by atoms with Gasteiger partial charge in [-0.2, -0.15) is 0 Å². The number of hydrogen-bond donors (Lipinski definition) is 1. The second-order valence-electron chi connectivity index (χ2n) is 3.16. The van der Waals surface area contributed by atoms with Crippen LogP contribution in [0.4, 0.5) is 0 Å². The Bertz CT molecular complexity index is 407. The zero-order chi connectivity index (χ0) is 12.0. The zero-order valence-electron chi connectivity index (χ0n) is 8.52. The van der Waals surface area contributed by atoms with Crippen LogP contribution >= 0.6 is 11.6 Å². The predicted molar refractivity (Wildman–Crippen MR) is 62.8 cm³/mol. The lowest BCUT2D eigenvalue weighted by Gasteiger charge is -1.99. The lowest BCUT2D eigenvalue weighted by Crippen LogP contribution is -1.99. The molecule has 0 spiro atoms. The number of hydrogen-bond acceptors (Lipinski definition) is 2. The van der Waals surface area contributed by atoms with Gasteiger partial charge in [0.2, 0.25) is 0 Å². The first-order valence-electron chi connectivity index (χ1n) is 4.73. The number of halogens is 1. The minimum Gasteiger partial charge on any atom is -0.478 e. The molecule has 0 aliphatic heterocycles. The van der Waals surface area contributed by atoms with E-state index >= 15 is 0 Å². The van der Waals surface area contributed by atoms with Crippen LogP contribution in [0.1, 0.15) is 22.3 Å². The summed E-state index contributed by atoms with van der Waals surface area (Å²) >= 11 is 5.46. The summed E-state index contributed by atoms with van der Waals surface area (Å²) in [7, 11) is 0. The maximum atomic E-state index is 11.4. The standard InChI is InChI=1S/C12H11ClO3/c13-8-7-11(14)10-4-1-9(2-5-10)3-6-12(15)16/h1-6H,7-8H2,(H,15,16)/b6-3+. The molecule has 0 bridgehead atoms. The maximum absolute atomic E-state index is 11.4. The van der Waals surface area contributed by atoms with Crippen LogP contribution in [0.5, 0.6) is 0 Å². The second kappa shape index (κ2) is 6.08. The Hall–Kier alpha value is -1.61. The van der Waals surface area contributed by atoms with Gasteiger partial charge in [-0.3, -0.25) is 4.79 Å². The summed E-state index contributed by atoms with van der Waals surface area (Å²) in [6, 6.07) is 6.72. The minimum absolute atomic E-state index is 0.0104. The molecular weight excluding hydrogens is 228 g/mol. The predicted octanol–water partition coefficient (Wildman–Crippen LogP) is 2.60. The summed E-state index contributed by atoms with van der Waals surface area (Å²) < 4.78 is 0. The van der Waals surface area contributed by atoms with Crippen LogP contribution in [-0.4, -0.2) is 22.7 Å². The van der Waals surface area contributed by atoms with Crippen molar-refractivity contribution in [2.24, 2.45) is 0 Å². The number of ketones is 1. The maximum Gasteiger partial charge on any atom is 0.328 e. The Kier molecular flexibility index (Phi) is 4.73. The number of Topliss-reactive ketones (excluding diaryl/α,β-unsaturated/α-hetero) is 1. The molecule has 0 saturated carbocycles. The molecule has 0 heterocycles. The Labute approximate surface area is 98.4 Å². The summed E-state index contributed by atoms with van der Waals surface area (Å²) in [5.41, 5.74) is 1.33. The molecule has 1 aromatic rings. The highest BCUT2D eigenvalue weighted by Gasteiger charge is 2.03. The number of carboxylic acids is 1. The summed E-state index contributed by atoms with van der Waals surface area (Å²) in [5, 5.41) is 8.43. The van der Waals surface area contributed by atoms with Crippen molar-refractivity contribution < 1.29 is 14.7 Å². The average molecular weight is 239 g/mol. The molecule has 1 aromatic carbocycles. The normalized spacial score (nSPS) is 10.6. The molecule has 84 valence electrons. The molecule has 0 aromatic heterocycles. The highest BCUT2D eigenvalue weighted by atomic mass is 35.5. The van der Waals surface area contributed by atoms with E-state index in [1.807, 2.05) is 0 Å². The molecular formula is C12H11ClO3. The van der Waals surface area contributed by atoms with Gasteiger partial charge in [0, 0.05) is 23.9 Å². The first-order chi connectivity index (χ1) is 7.63. The average Bonchev–Trinajstić information content (AvgIpc) is 2.27. The summed E-state index contributed by atoms with van der Waals surface area (Å²) in [6.45, 7) is 0. The van der Waals surface area contributed by atoms with E-state index in [1.165, 1.54) is 6.08 Å². The summed E-state index contributed by atoms with van der Waals surface area (Å²) in [5.74, 6) is -0.703. The minimum atomic E-state index is -0.998. The molecule has 0 atom stereocenters. The number of carbonyl (C=O) groups is 2. The van der Waals surface area contributed by atoms with Gasteiger partial charge in [0.15, 0.2) is 5.78 Å². The molecule has 0 aliphatic carbocycles. The third kappa shape index (κ3) is 3.87. The molecule has 0 amide bonds. The van der Waals surface area contributed by atoms with E-state index in [4.69, 9.17) is 16.7 Å². The van der Waals surface area contributed by atoms with E-state index < -0.39 is 5.97 Å². The van der Waals surface area contributed by atoms with Crippen LogP contribution < -0.4 is 0 Å². The van der Waals surface area contributed by atoms with Crippen molar-refractivity contribution in [2.75, 3.05) is 5.88 Å². The lowest BCUT2D eigenvalue weighted by molar-refractivity contribution is -0.131. The van der Waals surface area contributed by atoms with E-state index in [2.05, 4.69) is 0 Å². The second-order valence-corrected chi connectivity index (χ2v) is 3.53. The van der Waals surface area contributed by atoms with Gasteiger partial charge < -0.3 is 5.11 Å². The van der Waals surface area contributed by atoms with Crippen molar-refractivity contribution in [1.82, 2.24) is 0 Å². The van der Waals surface area contributed by atoms with E-state index in [1.54, 1.807) is 24.3 Å². The van der Waals surface area contributed by atoms with E-state index in [-0.39, 0.29) is 5.78 Å². The Balaban J connectivity index is 2.75. The molecule has 0 radical (unpaired) electrons. The highest BCUT2D eigenvalue weighted by Crippen LogP contribution is 2.08. The van der Waals surface area contributed by atoms with E-state index in [9.17, 15) is 9.59 Å². The smallest absolute Gasteiger partial charge is 0.328 e. The van der Waals surface area contributed by atoms with Gasteiger partial charge in [0.25, 0.3) is 0 Å². The molecule has 1 N–H and O–H groups in total. The van der Waals surface area contributed by atoms with Crippen LogP contribution in [0.3, 0.4) is 0 Å². The van der Waals surface area contributed by atoms with Gasteiger partial charge in [-0.1, -0.05) is 24.3 Å². The summed E-state index contributed by atoms with van der Waals surface area (Å²) in [6.07, 6.45) is 2.83. The van der Waals surface area contributed by atoms with Crippen LogP contribution in [0.15, 0.2) is 30.3 Å². The first-order valence-corrected chi connectivity index (χ1v) is 5.27. The van der Waals surface area contributed by atoms with Crippen molar-refractivity contribution in [2.45, 2.75) is 6.42 Å². The number of benzene rings is 1. The fraction of sp³-hybridized carbons (Fsp3) is 0.167. The van der Waals surface area contributed by atoms with Crippen LogP contribution in [0.25, 0.3) is 6.08 Å². The number of alkyl halides is 1. The molecule has 4 heteroatoms. The van der Waals surface area contributed by atoms with Gasteiger partial charge in [-0.25, -0.2) is 4.79 Å². The number of aliphatic carboxylic acids is 1. The van der Waals surface area contributed by atoms with Crippen molar-refractivity contribution >= 4 is 29.4 Å². The van der Waals surface area contributed by atoms with Gasteiger partial charge in [0.05, 0.1) is 0 Å². The topological polar surface area (TPSA) is 54.4 Å². The zero-order valence-corrected chi connectivity index (χ0v) is 9.28. The Morgan fingerprint density at radius 1 is 1.25 bits per heavy atom. The molecule has 0 saturated heterocycles. The fourth-order valence-electron chi connectivity index (χ4n) is 1.18. The van der Waals surface area contributed by atoms with Crippen molar-refractivity contribution in [3.8, 4) is 0 Å². The molecule has 1 rings (SSSR count). The first kappa shape index (κ1) is 12.5. The molecule has 16 heavy (non-hydrogen) atoms. The Morgan fingerprint density at radius 3 is 2.38 bits per heavy atom. The van der Waals surface area contributed by atoms with E-state index in [0.29, 0.717) is 17.9 Å². The fourth-order valence-corrected chi connectivity index (χ4v) is 1.35. The van der Waals surface area contributed by atoms with E-state index in [0.717, 1.165) is 11.6 Å². The SMILES string of the molecule is O=C(O)/C=C/c1ccc(C(=O)CCCl)cc1. The molecule has 3 nitrogen and oxygen atoms in total. The third-order valence-electron chi connectivity index (χ3n) is 1.97. The lowest BCUT2D eigenvalue weighted by atomic mass is 10.1. The van der Waals surface area contributed by atoms with Crippen LogP contribution in [0, 0.1) is 0 Å². The van der Waals surface area contributed by atoms with Crippen molar-refractivity contribution in [3.63, 3.8) is 0 Å². The van der Waals surface area contributed by atoms with Crippen molar-refractivity contribution in [1.29, 1.82) is 0 Å².